The molecule has 116 valence electrons. The second-order valence-corrected chi connectivity index (χ2v) is 6.37. The third-order valence-electron chi connectivity index (χ3n) is 3.82. The normalized spacial score (nSPS) is 15.6. The summed E-state index contributed by atoms with van der Waals surface area (Å²) in [5.74, 6) is 0.306. The summed E-state index contributed by atoms with van der Waals surface area (Å²) < 4.78 is 4.04. The number of Topliss-reactive ketones (excluding diaryl/α,β-unsaturated/α-hetero) is 1. The van der Waals surface area contributed by atoms with Gasteiger partial charge in [-0.2, -0.15) is 0 Å². The molecule has 0 spiro atoms. The molecule has 0 saturated heterocycles. The van der Waals surface area contributed by atoms with Crippen molar-refractivity contribution >= 4 is 5.78 Å². The molecule has 0 saturated carbocycles. The molecule has 0 unspecified atom stereocenters. The highest BCUT2D eigenvalue weighted by Crippen LogP contribution is 2.35. The van der Waals surface area contributed by atoms with Gasteiger partial charge in [-0.3, -0.25) is 4.79 Å². The molecule has 2 aromatic rings. The SMILES string of the molecule is C.Cc1cc2c(n1C)CC(C)(C)CC2=O.Cn1ccnc1. The maximum atomic E-state index is 11.9. The number of imidazole rings is 1. The van der Waals surface area contributed by atoms with Crippen molar-refractivity contribution in [3.05, 3.63) is 41.7 Å². The Labute approximate surface area is 127 Å². The van der Waals surface area contributed by atoms with Gasteiger partial charge < -0.3 is 9.13 Å². The van der Waals surface area contributed by atoms with E-state index in [1.807, 2.05) is 30.9 Å². The van der Waals surface area contributed by atoms with Gasteiger partial charge in [0.2, 0.25) is 0 Å². The highest BCUT2D eigenvalue weighted by Gasteiger charge is 2.33. The van der Waals surface area contributed by atoms with Crippen LogP contribution in [0.5, 0.6) is 0 Å². The first kappa shape index (κ1) is 17.2. The first-order chi connectivity index (χ1) is 9.30. The fourth-order valence-electron chi connectivity index (χ4n) is 2.61. The van der Waals surface area contributed by atoms with Gasteiger partial charge in [-0.1, -0.05) is 21.3 Å². The lowest BCUT2D eigenvalue weighted by atomic mass is 9.76. The predicted molar refractivity (Wildman–Crippen MR) is 86.5 cm³/mol. The number of aromatic nitrogens is 3. The molecule has 1 aliphatic rings. The van der Waals surface area contributed by atoms with Crippen molar-refractivity contribution in [2.45, 2.75) is 41.0 Å². The largest absolute Gasteiger partial charge is 0.351 e. The average molecular weight is 289 g/mol. The van der Waals surface area contributed by atoms with E-state index in [4.69, 9.17) is 0 Å². The van der Waals surface area contributed by atoms with Crippen LogP contribution in [0, 0.1) is 12.3 Å². The van der Waals surface area contributed by atoms with Crippen molar-refractivity contribution in [1.82, 2.24) is 14.1 Å². The molecule has 2 heterocycles. The molecule has 0 radical (unpaired) electrons. The van der Waals surface area contributed by atoms with E-state index in [-0.39, 0.29) is 12.8 Å². The molecule has 21 heavy (non-hydrogen) atoms. The molecule has 3 rings (SSSR count). The Kier molecular flexibility index (Phi) is 5.15. The van der Waals surface area contributed by atoms with Gasteiger partial charge in [0, 0.05) is 49.9 Å². The van der Waals surface area contributed by atoms with Crippen molar-refractivity contribution < 1.29 is 4.79 Å². The lowest BCUT2D eigenvalue weighted by Crippen LogP contribution is -2.27. The third-order valence-corrected chi connectivity index (χ3v) is 3.82. The smallest absolute Gasteiger partial charge is 0.165 e. The van der Waals surface area contributed by atoms with Crippen LogP contribution in [0.3, 0.4) is 0 Å². The van der Waals surface area contributed by atoms with E-state index in [9.17, 15) is 4.79 Å². The molecular formula is C17H27N3O. The highest BCUT2D eigenvalue weighted by molar-refractivity contribution is 5.99. The van der Waals surface area contributed by atoms with Crippen LogP contribution in [0.4, 0.5) is 0 Å². The van der Waals surface area contributed by atoms with E-state index >= 15 is 0 Å². The average Bonchev–Trinajstić information content (AvgIpc) is 2.91. The van der Waals surface area contributed by atoms with E-state index in [1.54, 1.807) is 12.5 Å². The van der Waals surface area contributed by atoms with Crippen LogP contribution in [-0.4, -0.2) is 19.9 Å². The molecule has 0 aromatic carbocycles. The van der Waals surface area contributed by atoms with E-state index in [0.29, 0.717) is 12.2 Å². The molecular weight excluding hydrogens is 262 g/mol. The van der Waals surface area contributed by atoms with Crippen LogP contribution in [0.2, 0.25) is 0 Å². The van der Waals surface area contributed by atoms with Gasteiger partial charge in [0.05, 0.1) is 6.33 Å². The number of carbonyl (C=O) groups is 1. The van der Waals surface area contributed by atoms with Gasteiger partial charge in [0.1, 0.15) is 0 Å². The lowest BCUT2D eigenvalue weighted by Gasteiger charge is -2.29. The van der Waals surface area contributed by atoms with Gasteiger partial charge in [0.25, 0.3) is 0 Å². The zero-order chi connectivity index (χ0) is 14.9. The van der Waals surface area contributed by atoms with E-state index < -0.39 is 0 Å². The Morgan fingerprint density at radius 2 is 1.90 bits per heavy atom. The van der Waals surface area contributed by atoms with Crippen LogP contribution in [-0.2, 0) is 20.5 Å². The summed E-state index contributed by atoms with van der Waals surface area (Å²) in [6, 6.07) is 2.02. The Morgan fingerprint density at radius 3 is 2.38 bits per heavy atom. The van der Waals surface area contributed by atoms with Crippen molar-refractivity contribution in [2.75, 3.05) is 0 Å². The Morgan fingerprint density at radius 1 is 1.24 bits per heavy atom. The minimum absolute atomic E-state index is 0. The molecule has 0 fully saturated rings. The summed E-state index contributed by atoms with van der Waals surface area (Å²) in [7, 11) is 3.98. The van der Waals surface area contributed by atoms with Crippen molar-refractivity contribution in [2.24, 2.45) is 19.5 Å². The fraction of sp³-hybridized carbons (Fsp3) is 0.529. The maximum absolute atomic E-state index is 11.9. The van der Waals surface area contributed by atoms with Gasteiger partial charge in [0.15, 0.2) is 5.78 Å². The van der Waals surface area contributed by atoms with Crippen molar-refractivity contribution in [1.29, 1.82) is 0 Å². The number of ketones is 1. The summed E-state index contributed by atoms with van der Waals surface area (Å²) >= 11 is 0. The quantitative estimate of drug-likeness (QED) is 0.744. The highest BCUT2D eigenvalue weighted by atomic mass is 16.1. The van der Waals surface area contributed by atoms with E-state index in [0.717, 1.165) is 12.0 Å². The Balaban J connectivity index is 0.000000267. The number of carbonyl (C=O) groups excluding carboxylic acids is 1. The van der Waals surface area contributed by atoms with Crippen LogP contribution in [0.1, 0.15) is 49.4 Å². The molecule has 0 amide bonds. The number of rotatable bonds is 0. The Hall–Kier alpha value is -1.84. The maximum Gasteiger partial charge on any atom is 0.165 e. The van der Waals surface area contributed by atoms with Crippen molar-refractivity contribution in [3.8, 4) is 0 Å². The summed E-state index contributed by atoms with van der Waals surface area (Å²) in [4.78, 5) is 15.6. The Bertz CT molecular complexity index is 606. The van der Waals surface area contributed by atoms with Crippen molar-refractivity contribution in [3.63, 3.8) is 0 Å². The summed E-state index contributed by atoms with van der Waals surface area (Å²) in [6.45, 7) is 6.38. The van der Waals surface area contributed by atoms with Crippen LogP contribution < -0.4 is 0 Å². The number of fused-ring (bicyclic) bond motifs is 1. The molecule has 0 aliphatic heterocycles. The molecule has 4 heteroatoms. The summed E-state index contributed by atoms with van der Waals surface area (Å²) in [5.41, 5.74) is 3.47. The molecule has 0 N–H and O–H groups in total. The zero-order valence-corrected chi connectivity index (χ0v) is 13.0. The van der Waals surface area contributed by atoms with Gasteiger partial charge in [-0.05, 0) is 24.8 Å². The van der Waals surface area contributed by atoms with E-state index in [1.165, 1.54) is 11.4 Å². The molecule has 4 nitrogen and oxygen atoms in total. The van der Waals surface area contributed by atoms with Crippen LogP contribution in [0.25, 0.3) is 0 Å². The minimum atomic E-state index is 0. The van der Waals surface area contributed by atoms with Crippen LogP contribution in [0.15, 0.2) is 24.8 Å². The number of hydrogen-bond donors (Lipinski definition) is 0. The lowest BCUT2D eigenvalue weighted by molar-refractivity contribution is 0.0910. The topological polar surface area (TPSA) is 39.8 Å². The van der Waals surface area contributed by atoms with Gasteiger partial charge >= 0.3 is 0 Å². The second kappa shape index (κ2) is 6.29. The molecule has 0 bridgehead atoms. The first-order valence-corrected chi connectivity index (χ1v) is 6.90. The third kappa shape index (κ3) is 3.84. The standard InChI is InChI=1S/C12H17NO.C4H6N2.CH4/c1-8-5-9-10(13(8)4)6-12(2,3)7-11(9)14;1-6-3-2-5-4-6;/h5H,6-7H2,1-4H3;2-4H,1H3;1H4. The zero-order valence-electron chi connectivity index (χ0n) is 13.0. The molecule has 2 aromatic heterocycles. The van der Waals surface area contributed by atoms with Gasteiger partial charge in [-0.25, -0.2) is 4.98 Å². The number of aryl methyl sites for hydroxylation is 2. The second-order valence-electron chi connectivity index (χ2n) is 6.37. The molecule has 1 aliphatic carbocycles. The molecule has 0 atom stereocenters. The van der Waals surface area contributed by atoms with Gasteiger partial charge in [-0.15, -0.1) is 0 Å². The summed E-state index contributed by atoms with van der Waals surface area (Å²) in [5, 5.41) is 0. The van der Waals surface area contributed by atoms with Crippen LogP contribution >= 0.6 is 0 Å². The minimum Gasteiger partial charge on any atom is -0.351 e. The number of nitrogens with zero attached hydrogens (tertiary/aromatic N) is 3. The fourth-order valence-corrected chi connectivity index (χ4v) is 2.61. The summed E-state index contributed by atoms with van der Waals surface area (Å²) in [6.07, 6.45) is 7.09. The van der Waals surface area contributed by atoms with E-state index in [2.05, 4.69) is 30.3 Å². The first-order valence-electron chi connectivity index (χ1n) is 6.90. The monoisotopic (exact) mass is 289 g/mol. The predicted octanol–water partition coefficient (Wildman–Crippen LogP) is 3.54. The number of hydrogen-bond acceptors (Lipinski definition) is 2.